The largest absolute Gasteiger partial charge is 0.507 e. The van der Waals surface area contributed by atoms with Crippen LogP contribution in [-0.4, -0.2) is 87.6 Å². The number of benzene rings is 1. The number of nitrogens with one attached hydrogen (secondary N) is 1. The van der Waals surface area contributed by atoms with E-state index in [-0.39, 0.29) is 24.2 Å². The minimum Gasteiger partial charge on any atom is -0.507 e. The van der Waals surface area contributed by atoms with Gasteiger partial charge in [-0.15, -0.1) is 0 Å². The fourth-order valence-electron chi connectivity index (χ4n) is 7.29. The van der Waals surface area contributed by atoms with Crippen molar-refractivity contribution >= 4 is 29.0 Å². The van der Waals surface area contributed by atoms with Crippen molar-refractivity contribution < 1.29 is 39.3 Å². The zero-order valence-corrected chi connectivity index (χ0v) is 22.8. The van der Waals surface area contributed by atoms with E-state index in [0.29, 0.717) is 24.0 Å². The lowest BCUT2D eigenvalue weighted by Crippen LogP contribution is -2.74. The van der Waals surface area contributed by atoms with Crippen molar-refractivity contribution in [2.24, 2.45) is 23.7 Å². The molecule has 40 heavy (non-hydrogen) atoms. The molecule has 10 heteroatoms. The van der Waals surface area contributed by atoms with Crippen molar-refractivity contribution in [2.45, 2.75) is 62.2 Å². The second kappa shape index (κ2) is 9.91. The number of nitrogens with zero attached hydrogens (tertiary/aromatic N) is 1. The number of carbonyl (C=O) groups excluding carboxylic acids is 5. The number of rotatable bonds is 2. The number of amides is 1. The van der Waals surface area contributed by atoms with Gasteiger partial charge in [0.25, 0.3) is 0 Å². The zero-order valence-electron chi connectivity index (χ0n) is 22.8. The van der Waals surface area contributed by atoms with Crippen LogP contribution in [0.15, 0.2) is 12.1 Å². The van der Waals surface area contributed by atoms with Crippen molar-refractivity contribution in [1.82, 2.24) is 10.2 Å². The maximum absolute atomic E-state index is 14.0. The van der Waals surface area contributed by atoms with Crippen LogP contribution >= 0.6 is 0 Å². The fourth-order valence-corrected chi connectivity index (χ4v) is 7.29. The van der Waals surface area contributed by atoms with E-state index in [2.05, 4.69) is 17.2 Å². The number of phenols is 1. The Hall–Kier alpha value is -3.39. The SMILES string of the molecule is CNC(=O)C1C(=O)[C@@H](N(C)C)[C@@H]2C[C@@H]3Cc4c(C#CC5(O)CCCCC5)ccc(O)c4C(=O)C3C(=O)[C@]2(O)C1=O. The fraction of sp³-hybridized carbons (Fsp3) is 0.567. The van der Waals surface area contributed by atoms with Crippen LogP contribution in [0, 0.1) is 35.5 Å². The number of hydrogen-bond donors (Lipinski definition) is 4. The topological polar surface area (TPSA) is 161 Å². The van der Waals surface area contributed by atoms with Crippen molar-refractivity contribution in [3.63, 3.8) is 0 Å². The Morgan fingerprint density at radius 1 is 1.05 bits per heavy atom. The first-order valence-electron chi connectivity index (χ1n) is 13.7. The van der Waals surface area contributed by atoms with Gasteiger partial charge in [0, 0.05) is 18.5 Å². The average Bonchev–Trinajstić information content (AvgIpc) is 2.90. The summed E-state index contributed by atoms with van der Waals surface area (Å²) in [5, 5.41) is 35.6. The smallest absolute Gasteiger partial charge is 0.238 e. The molecule has 5 rings (SSSR count). The summed E-state index contributed by atoms with van der Waals surface area (Å²) in [4.78, 5) is 68.7. The van der Waals surface area contributed by atoms with Crippen LogP contribution in [0.25, 0.3) is 0 Å². The summed E-state index contributed by atoms with van der Waals surface area (Å²) in [5.74, 6) is -4.16. The summed E-state index contributed by atoms with van der Waals surface area (Å²) in [7, 11) is 4.39. The Labute approximate surface area is 232 Å². The molecule has 4 aliphatic rings. The molecule has 3 fully saturated rings. The van der Waals surface area contributed by atoms with E-state index in [4.69, 9.17) is 0 Å². The summed E-state index contributed by atoms with van der Waals surface area (Å²) >= 11 is 0. The summed E-state index contributed by atoms with van der Waals surface area (Å²) < 4.78 is 0. The van der Waals surface area contributed by atoms with Gasteiger partial charge in [0.15, 0.2) is 34.7 Å². The quantitative estimate of drug-likeness (QED) is 0.297. The molecule has 0 heterocycles. The van der Waals surface area contributed by atoms with Crippen molar-refractivity contribution in [2.75, 3.05) is 21.1 Å². The Morgan fingerprint density at radius 3 is 2.35 bits per heavy atom. The molecule has 6 atom stereocenters. The van der Waals surface area contributed by atoms with Crippen LogP contribution in [0.4, 0.5) is 0 Å². The van der Waals surface area contributed by atoms with E-state index in [1.165, 1.54) is 18.0 Å². The molecular weight excluding hydrogens is 516 g/mol. The molecule has 4 N–H and O–H groups in total. The molecule has 0 bridgehead atoms. The normalized spacial score (nSPS) is 32.9. The second-order valence-electron chi connectivity index (χ2n) is 11.8. The predicted octanol–water partition coefficient (Wildman–Crippen LogP) is 0.174. The van der Waals surface area contributed by atoms with Crippen molar-refractivity contribution in [1.29, 1.82) is 0 Å². The molecule has 212 valence electrons. The first kappa shape index (κ1) is 28.1. The van der Waals surface area contributed by atoms with Crippen LogP contribution in [0.1, 0.15) is 60.0 Å². The predicted molar refractivity (Wildman–Crippen MR) is 141 cm³/mol. The van der Waals surface area contributed by atoms with Gasteiger partial charge in [0.05, 0.1) is 17.5 Å². The van der Waals surface area contributed by atoms with Gasteiger partial charge in [-0.05, 0) is 76.2 Å². The van der Waals surface area contributed by atoms with Gasteiger partial charge in [0.1, 0.15) is 11.4 Å². The lowest BCUT2D eigenvalue weighted by Gasteiger charge is -2.52. The van der Waals surface area contributed by atoms with E-state index in [1.54, 1.807) is 20.2 Å². The highest BCUT2D eigenvalue weighted by atomic mass is 16.3. The zero-order chi connectivity index (χ0) is 29.1. The number of aliphatic hydroxyl groups is 2. The summed E-state index contributed by atoms with van der Waals surface area (Å²) in [5.41, 5.74) is -3.05. The number of phenolic OH excluding ortho intramolecular Hbond substituents is 1. The number of Topliss-reactive ketones (excluding diaryl/α,β-unsaturated/α-hetero) is 4. The van der Waals surface area contributed by atoms with E-state index >= 15 is 0 Å². The molecule has 3 saturated carbocycles. The molecular formula is C30H34N2O8. The molecule has 10 nitrogen and oxygen atoms in total. The molecule has 1 aromatic rings. The molecule has 2 unspecified atom stereocenters. The number of carbonyl (C=O) groups is 5. The van der Waals surface area contributed by atoms with Crippen LogP contribution in [0.5, 0.6) is 5.75 Å². The third-order valence-electron chi connectivity index (χ3n) is 9.28. The Morgan fingerprint density at radius 2 is 1.73 bits per heavy atom. The number of likely N-dealkylation sites (N-methyl/N-ethyl adjacent to an activating group) is 1. The summed E-state index contributed by atoms with van der Waals surface area (Å²) in [6.45, 7) is 0. The second-order valence-corrected chi connectivity index (χ2v) is 11.8. The van der Waals surface area contributed by atoms with Crippen LogP contribution in [0.3, 0.4) is 0 Å². The van der Waals surface area contributed by atoms with Gasteiger partial charge in [-0.2, -0.15) is 0 Å². The first-order valence-corrected chi connectivity index (χ1v) is 13.7. The van der Waals surface area contributed by atoms with Crippen LogP contribution in [0.2, 0.25) is 0 Å². The lowest BCUT2D eigenvalue weighted by molar-refractivity contribution is -0.181. The average molecular weight is 551 g/mol. The molecule has 0 saturated heterocycles. The minimum atomic E-state index is -2.72. The maximum atomic E-state index is 14.0. The van der Waals surface area contributed by atoms with E-state index in [1.807, 2.05) is 0 Å². The molecule has 4 aliphatic carbocycles. The summed E-state index contributed by atoms with van der Waals surface area (Å²) in [6, 6.07) is 1.77. The van der Waals surface area contributed by atoms with Gasteiger partial charge in [-0.3, -0.25) is 28.9 Å². The number of ketones is 4. The lowest BCUT2D eigenvalue weighted by atomic mass is 9.52. The van der Waals surface area contributed by atoms with Gasteiger partial charge in [0.2, 0.25) is 5.91 Å². The molecule has 1 aromatic carbocycles. The highest BCUT2D eigenvalue weighted by Gasteiger charge is 2.69. The molecule has 0 radical (unpaired) electrons. The van der Waals surface area contributed by atoms with Crippen molar-refractivity contribution in [3.8, 4) is 17.6 Å². The van der Waals surface area contributed by atoms with Gasteiger partial charge in [-0.1, -0.05) is 18.3 Å². The van der Waals surface area contributed by atoms with E-state index in [0.717, 1.165) is 19.3 Å². The van der Waals surface area contributed by atoms with E-state index in [9.17, 15) is 39.3 Å². The molecule has 1 amide bonds. The first-order chi connectivity index (χ1) is 18.9. The number of aromatic hydroxyl groups is 1. The van der Waals surface area contributed by atoms with Gasteiger partial charge in [-0.25, -0.2) is 0 Å². The minimum absolute atomic E-state index is 0.00859. The maximum Gasteiger partial charge on any atom is 0.238 e. The van der Waals surface area contributed by atoms with E-state index < -0.39 is 70.0 Å². The van der Waals surface area contributed by atoms with Crippen LogP contribution < -0.4 is 5.32 Å². The third kappa shape index (κ3) is 4.10. The van der Waals surface area contributed by atoms with Crippen LogP contribution in [-0.2, 0) is 25.6 Å². The summed E-state index contributed by atoms with van der Waals surface area (Å²) in [6.07, 6.45) is 3.97. The Bertz CT molecular complexity index is 1380. The number of hydrogen-bond acceptors (Lipinski definition) is 9. The molecule has 0 aliphatic heterocycles. The van der Waals surface area contributed by atoms with Gasteiger partial charge < -0.3 is 20.6 Å². The third-order valence-corrected chi connectivity index (χ3v) is 9.28. The standard InChI is InChI=1S/C30H34N2O8/c1-31-28(38)22-25(35)23(32(2)3)18-14-16-13-17-15(9-12-29(39)10-5-4-6-11-29)7-8-19(33)21(17)24(34)20(16)26(36)30(18,40)27(22)37/h7-8,16,18,20,22-23,33,39-40H,4-6,10-11,13-14H2,1-3H3,(H,31,38)/t16-,18-,20?,22?,23-,30-/m0/s1. The Kier molecular flexibility index (Phi) is 6.97. The highest BCUT2D eigenvalue weighted by Crippen LogP contribution is 2.51. The molecule has 0 spiro atoms. The van der Waals surface area contributed by atoms with Crippen molar-refractivity contribution in [3.05, 3.63) is 28.8 Å². The van der Waals surface area contributed by atoms with Gasteiger partial charge >= 0.3 is 0 Å². The highest BCUT2D eigenvalue weighted by molar-refractivity contribution is 6.32. The number of fused-ring (bicyclic) bond motifs is 3. The Balaban J connectivity index is 1.59. The monoisotopic (exact) mass is 550 g/mol. The molecule has 0 aromatic heterocycles.